The van der Waals surface area contributed by atoms with Gasteiger partial charge in [0.1, 0.15) is 0 Å². The minimum absolute atomic E-state index is 0.0380. The van der Waals surface area contributed by atoms with Crippen LogP contribution in [0, 0.1) is 0 Å². The van der Waals surface area contributed by atoms with E-state index < -0.39 is 0 Å². The number of ketones is 1. The molecule has 1 aromatic carbocycles. The molecule has 0 radical (unpaired) electrons. The van der Waals surface area contributed by atoms with Crippen molar-refractivity contribution in [2.24, 2.45) is 0 Å². The lowest BCUT2D eigenvalue weighted by Gasteiger charge is -2.08. The number of nitrogens with one attached hydrogen (secondary N) is 1. The number of carbonyl (C=O) groups excluding carboxylic acids is 1. The average molecular weight is 342 g/mol. The predicted molar refractivity (Wildman–Crippen MR) is 89.8 cm³/mol. The monoisotopic (exact) mass is 341 g/mol. The van der Waals surface area contributed by atoms with E-state index in [1.807, 2.05) is 20.8 Å². The van der Waals surface area contributed by atoms with Gasteiger partial charge in [0.25, 0.3) is 0 Å². The first kappa shape index (κ1) is 16.3. The highest BCUT2D eigenvalue weighted by atomic mass is 35.5. The van der Waals surface area contributed by atoms with Gasteiger partial charge in [0.05, 0.1) is 5.25 Å². The minimum atomic E-state index is -0.233. The summed E-state index contributed by atoms with van der Waals surface area (Å²) in [5.74, 6) is 0.0380. The highest BCUT2D eigenvalue weighted by Gasteiger charge is 2.19. The third-order valence-electron chi connectivity index (χ3n) is 2.57. The number of carbonyl (C=O) groups is 1. The largest absolute Gasteiger partial charge is 0.358 e. The predicted octanol–water partition coefficient (Wildman–Crippen LogP) is 4.38. The number of hydrogen-bond acceptors (Lipinski definition) is 6. The SMILES string of the molecule is CC(C)Nc1nnc(SC(C)C(=O)c2cccc(Cl)c2)s1. The maximum Gasteiger partial charge on any atom is 0.206 e. The van der Waals surface area contributed by atoms with E-state index in [-0.39, 0.29) is 11.0 Å². The van der Waals surface area contributed by atoms with Gasteiger partial charge in [0.15, 0.2) is 10.1 Å². The Kier molecular flexibility index (Phi) is 5.61. The van der Waals surface area contributed by atoms with Crippen molar-refractivity contribution in [3.05, 3.63) is 34.9 Å². The van der Waals surface area contributed by atoms with E-state index in [4.69, 9.17) is 11.6 Å². The highest BCUT2D eigenvalue weighted by molar-refractivity contribution is 8.02. The van der Waals surface area contributed by atoms with Crippen LogP contribution in [-0.4, -0.2) is 27.3 Å². The summed E-state index contributed by atoms with van der Waals surface area (Å²) in [4.78, 5) is 12.3. The van der Waals surface area contributed by atoms with E-state index in [0.29, 0.717) is 16.6 Å². The lowest BCUT2D eigenvalue weighted by atomic mass is 10.1. The molecule has 1 atom stereocenters. The summed E-state index contributed by atoms with van der Waals surface area (Å²) in [6, 6.07) is 7.30. The van der Waals surface area contributed by atoms with Gasteiger partial charge in [-0.3, -0.25) is 4.79 Å². The Labute approximate surface area is 137 Å². The fraction of sp³-hybridized carbons (Fsp3) is 0.357. The Morgan fingerprint density at radius 3 is 2.76 bits per heavy atom. The molecule has 0 bridgehead atoms. The van der Waals surface area contributed by atoms with E-state index in [9.17, 15) is 4.79 Å². The van der Waals surface area contributed by atoms with Crippen LogP contribution in [0.4, 0.5) is 5.13 Å². The molecule has 112 valence electrons. The molecule has 1 N–H and O–H groups in total. The molecule has 21 heavy (non-hydrogen) atoms. The molecular formula is C14H16ClN3OS2. The molecule has 0 aliphatic rings. The second-order valence-corrected chi connectivity index (χ2v) is 7.81. The number of halogens is 1. The topological polar surface area (TPSA) is 54.9 Å². The molecule has 7 heteroatoms. The Bertz CT molecular complexity index is 630. The molecule has 2 aromatic rings. The zero-order chi connectivity index (χ0) is 15.4. The number of nitrogens with zero attached hydrogens (tertiary/aromatic N) is 2. The number of anilines is 1. The van der Waals surface area contributed by atoms with Crippen molar-refractivity contribution < 1.29 is 4.79 Å². The van der Waals surface area contributed by atoms with Crippen LogP contribution in [0.15, 0.2) is 28.6 Å². The maximum absolute atomic E-state index is 12.3. The number of thioether (sulfide) groups is 1. The molecule has 0 amide bonds. The highest BCUT2D eigenvalue weighted by Crippen LogP contribution is 2.30. The van der Waals surface area contributed by atoms with Gasteiger partial charge >= 0.3 is 0 Å². The molecule has 1 heterocycles. The first-order valence-corrected chi connectivity index (χ1v) is 8.59. The Balaban J connectivity index is 2.02. The third kappa shape index (κ3) is 4.69. The smallest absolute Gasteiger partial charge is 0.206 e. The lowest BCUT2D eigenvalue weighted by Crippen LogP contribution is -2.13. The normalized spacial score (nSPS) is 12.4. The van der Waals surface area contributed by atoms with Crippen LogP contribution in [0.1, 0.15) is 31.1 Å². The molecular weight excluding hydrogens is 326 g/mol. The van der Waals surface area contributed by atoms with Gasteiger partial charge in [0.2, 0.25) is 5.13 Å². The second kappa shape index (κ2) is 7.24. The number of Topliss-reactive ketones (excluding diaryl/α,β-unsaturated/α-hetero) is 1. The van der Waals surface area contributed by atoms with Crippen molar-refractivity contribution in [1.29, 1.82) is 0 Å². The van der Waals surface area contributed by atoms with Crippen molar-refractivity contribution in [3.8, 4) is 0 Å². The molecule has 4 nitrogen and oxygen atoms in total. The van der Waals surface area contributed by atoms with E-state index >= 15 is 0 Å². The van der Waals surface area contributed by atoms with Crippen LogP contribution in [-0.2, 0) is 0 Å². The van der Waals surface area contributed by atoms with Crippen molar-refractivity contribution in [2.45, 2.75) is 36.4 Å². The summed E-state index contributed by atoms with van der Waals surface area (Å²) in [6.07, 6.45) is 0. The lowest BCUT2D eigenvalue weighted by molar-refractivity contribution is 0.0994. The number of rotatable bonds is 6. The number of aromatic nitrogens is 2. The van der Waals surface area contributed by atoms with E-state index in [1.165, 1.54) is 23.1 Å². The summed E-state index contributed by atoms with van der Waals surface area (Å²) >= 11 is 8.79. The summed E-state index contributed by atoms with van der Waals surface area (Å²) in [6.45, 7) is 5.95. The van der Waals surface area contributed by atoms with Crippen molar-refractivity contribution in [2.75, 3.05) is 5.32 Å². The van der Waals surface area contributed by atoms with Crippen LogP contribution >= 0.6 is 34.7 Å². The molecule has 0 aliphatic carbocycles. The Morgan fingerprint density at radius 2 is 2.10 bits per heavy atom. The quantitative estimate of drug-likeness (QED) is 0.624. The number of hydrogen-bond donors (Lipinski definition) is 1. The molecule has 1 unspecified atom stereocenters. The standard InChI is InChI=1S/C14H16ClN3OS2/c1-8(2)16-13-17-18-14(21-13)20-9(3)12(19)10-5-4-6-11(15)7-10/h4-9H,1-3H3,(H,16,17). The molecule has 0 aliphatic heterocycles. The van der Waals surface area contributed by atoms with Gasteiger partial charge in [-0.1, -0.05) is 46.8 Å². The van der Waals surface area contributed by atoms with E-state index in [0.717, 1.165) is 9.47 Å². The molecule has 1 aromatic heterocycles. The van der Waals surface area contributed by atoms with E-state index in [1.54, 1.807) is 24.3 Å². The number of benzene rings is 1. The fourth-order valence-electron chi connectivity index (χ4n) is 1.64. The average Bonchev–Trinajstić information content (AvgIpc) is 2.84. The van der Waals surface area contributed by atoms with Crippen LogP contribution < -0.4 is 5.32 Å². The Hall–Kier alpha value is -1.11. The Morgan fingerprint density at radius 1 is 1.33 bits per heavy atom. The van der Waals surface area contributed by atoms with Crippen molar-refractivity contribution in [3.63, 3.8) is 0 Å². The first-order chi connectivity index (χ1) is 9.95. The molecule has 0 saturated heterocycles. The second-order valence-electron chi connectivity index (χ2n) is 4.81. The minimum Gasteiger partial charge on any atom is -0.358 e. The molecule has 0 spiro atoms. The van der Waals surface area contributed by atoms with Gasteiger partial charge in [-0.25, -0.2) is 0 Å². The maximum atomic E-state index is 12.3. The van der Waals surface area contributed by atoms with Crippen molar-refractivity contribution in [1.82, 2.24) is 10.2 Å². The van der Waals surface area contributed by atoms with Gasteiger partial charge in [0, 0.05) is 16.6 Å². The van der Waals surface area contributed by atoms with Crippen molar-refractivity contribution >= 4 is 45.6 Å². The molecule has 0 fully saturated rings. The molecule has 0 saturated carbocycles. The summed E-state index contributed by atoms with van der Waals surface area (Å²) in [5, 5.41) is 12.5. The third-order valence-corrected chi connectivity index (χ3v) is 4.85. The summed E-state index contributed by atoms with van der Waals surface area (Å²) in [5.41, 5.74) is 0.618. The molecule has 2 rings (SSSR count). The summed E-state index contributed by atoms with van der Waals surface area (Å²) in [7, 11) is 0. The van der Waals surface area contributed by atoms with Crippen LogP contribution in [0.3, 0.4) is 0 Å². The van der Waals surface area contributed by atoms with Gasteiger partial charge in [-0.05, 0) is 32.9 Å². The van der Waals surface area contributed by atoms with Gasteiger partial charge < -0.3 is 5.32 Å². The van der Waals surface area contributed by atoms with Crippen LogP contribution in [0.2, 0.25) is 5.02 Å². The first-order valence-electron chi connectivity index (χ1n) is 6.52. The zero-order valence-corrected chi connectivity index (χ0v) is 14.4. The van der Waals surface area contributed by atoms with Gasteiger partial charge in [-0.2, -0.15) is 0 Å². The summed E-state index contributed by atoms with van der Waals surface area (Å²) < 4.78 is 0.779. The zero-order valence-electron chi connectivity index (χ0n) is 12.0. The fourth-order valence-corrected chi connectivity index (χ4v) is 3.95. The van der Waals surface area contributed by atoms with Crippen LogP contribution in [0.5, 0.6) is 0 Å². The van der Waals surface area contributed by atoms with Gasteiger partial charge in [-0.15, -0.1) is 10.2 Å². The van der Waals surface area contributed by atoms with E-state index in [2.05, 4.69) is 15.5 Å². The van der Waals surface area contributed by atoms with Crippen LogP contribution in [0.25, 0.3) is 0 Å².